The second-order valence-electron chi connectivity index (χ2n) is 4.90. The number of nitrogens with zero attached hydrogens (tertiary/aromatic N) is 1. The van der Waals surface area contributed by atoms with Crippen LogP contribution in [0.15, 0.2) is 24.3 Å². The first-order valence-electron chi connectivity index (χ1n) is 6.22. The van der Waals surface area contributed by atoms with Gasteiger partial charge in [0.25, 0.3) is 0 Å². The van der Waals surface area contributed by atoms with E-state index in [1.807, 2.05) is 0 Å². The van der Waals surface area contributed by atoms with Gasteiger partial charge in [0.2, 0.25) is 15.9 Å². The van der Waals surface area contributed by atoms with Crippen molar-refractivity contribution < 1.29 is 13.2 Å². The van der Waals surface area contributed by atoms with Crippen molar-refractivity contribution in [3.63, 3.8) is 0 Å². The van der Waals surface area contributed by atoms with E-state index < -0.39 is 16.1 Å². The molecule has 0 aliphatic carbocycles. The highest BCUT2D eigenvalue weighted by Gasteiger charge is 2.21. The topological polar surface area (TPSA) is 92.5 Å². The Hall–Kier alpha value is -1.51. The molecule has 0 saturated heterocycles. The molecule has 1 aromatic carbocycles. The van der Waals surface area contributed by atoms with E-state index in [0.717, 1.165) is 0 Å². The lowest BCUT2D eigenvalue weighted by Crippen LogP contribution is -2.44. The van der Waals surface area contributed by atoms with Crippen LogP contribution in [0.25, 0.3) is 0 Å². The molecule has 3 N–H and O–H groups in total. The van der Waals surface area contributed by atoms with E-state index in [1.165, 1.54) is 11.8 Å². The molecule has 1 atom stereocenters. The molecule has 21 heavy (non-hydrogen) atoms. The van der Waals surface area contributed by atoms with Gasteiger partial charge in [-0.2, -0.15) is 0 Å². The molecule has 8 heteroatoms. The Morgan fingerprint density at radius 2 is 2.05 bits per heavy atom. The average molecular weight is 329 g/mol. The van der Waals surface area contributed by atoms with Crippen LogP contribution in [0.5, 0.6) is 0 Å². The summed E-state index contributed by atoms with van der Waals surface area (Å²) in [5.41, 5.74) is 6.68. The standard InChI is InChI=1S/C13H19N3O3S2/c1-9(13(17)16(2)3)15-21(18,19)8-10-5-4-6-11(7-10)12(14)20/h4-7,9,15H,8H2,1-3H3,(H2,14,20). The lowest BCUT2D eigenvalue weighted by Gasteiger charge is -2.18. The number of carbonyl (C=O) groups is 1. The molecule has 0 aliphatic rings. The molecule has 0 fully saturated rings. The lowest BCUT2D eigenvalue weighted by molar-refractivity contribution is -0.130. The predicted molar refractivity (Wildman–Crippen MR) is 86.2 cm³/mol. The van der Waals surface area contributed by atoms with E-state index in [0.29, 0.717) is 11.1 Å². The molecule has 0 radical (unpaired) electrons. The van der Waals surface area contributed by atoms with Crippen molar-refractivity contribution >= 4 is 33.1 Å². The van der Waals surface area contributed by atoms with Crippen LogP contribution in [0.1, 0.15) is 18.1 Å². The minimum atomic E-state index is -3.64. The third-order valence-electron chi connectivity index (χ3n) is 2.74. The van der Waals surface area contributed by atoms with Gasteiger partial charge in [-0.1, -0.05) is 30.4 Å². The summed E-state index contributed by atoms with van der Waals surface area (Å²) in [4.78, 5) is 13.2. The number of thiocarbonyl (C=S) groups is 1. The van der Waals surface area contributed by atoms with Gasteiger partial charge in [-0.25, -0.2) is 13.1 Å². The van der Waals surface area contributed by atoms with Crippen molar-refractivity contribution in [1.29, 1.82) is 0 Å². The molecule has 1 rings (SSSR count). The number of amides is 1. The molecule has 1 unspecified atom stereocenters. The van der Waals surface area contributed by atoms with Crippen LogP contribution in [-0.4, -0.2) is 44.4 Å². The van der Waals surface area contributed by atoms with Gasteiger partial charge in [0, 0.05) is 19.7 Å². The van der Waals surface area contributed by atoms with Crippen LogP contribution in [0.3, 0.4) is 0 Å². The first-order chi connectivity index (χ1) is 9.62. The molecular weight excluding hydrogens is 310 g/mol. The Labute approximate surface area is 130 Å². The van der Waals surface area contributed by atoms with Gasteiger partial charge in [-0.15, -0.1) is 0 Å². The third kappa shape index (κ3) is 5.41. The monoisotopic (exact) mass is 329 g/mol. The molecule has 1 amide bonds. The van der Waals surface area contributed by atoms with Gasteiger partial charge in [0.15, 0.2) is 0 Å². The Balaban J connectivity index is 2.84. The lowest BCUT2D eigenvalue weighted by atomic mass is 10.1. The minimum Gasteiger partial charge on any atom is -0.389 e. The summed E-state index contributed by atoms with van der Waals surface area (Å²) in [7, 11) is -0.500. The molecule has 0 spiro atoms. The number of likely N-dealkylation sites (N-methyl/N-ethyl adjacent to an activating group) is 1. The second kappa shape index (κ2) is 6.97. The van der Waals surface area contributed by atoms with Gasteiger partial charge in [-0.05, 0) is 18.6 Å². The van der Waals surface area contributed by atoms with Crippen LogP contribution >= 0.6 is 12.2 Å². The van der Waals surface area contributed by atoms with Gasteiger partial charge in [-0.3, -0.25) is 4.79 Å². The number of nitrogens with one attached hydrogen (secondary N) is 1. The molecule has 0 aromatic heterocycles. The quantitative estimate of drug-likeness (QED) is 0.728. The zero-order chi connectivity index (χ0) is 16.2. The highest BCUT2D eigenvalue weighted by atomic mass is 32.2. The Bertz CT molecular complexity index is 642. The van der Waals surface area contributed by atoms with Gasteiger partial charge in [0.1, 0.15) is 4.99 Å². The van der Waals surface area contributed by atoms with Crippen molar-refractivity contribution in [2.75, 3.05) is 14.1 Å². The van der Waals surface area contributed by atoms with E-state index in [1.54, 1.807) is 38.4 Å². The van der Waals surface area contributed by atoms with Crippen molar-refractivity contribution in [3.05, 3.63) is 35.4 Å². The fraction of sp³-hybridized carbons (Fsp3) is 0.385. The van der Waals surface area contributed by atoms with Crippen molar-refractivity contribution in [2.24, 2.45) is 5.73 Å². The van der Waals surface area contributed by atoms with Gasteiger partial charge >= 0.3 is 0 Å². The average Bonchev–Trinajstić information content (AvgIpc) is 2.36. The number of nitrogens with two attached hydrogens (primary N) is 1. The van der Waals surface area contributed by atoms with Crippen LogP contribution in [0.2, 0.25) is 0 Å². The van der Waals surface area contributed by atoms with Gasteiger partial charge < -0.3 is 10.6 Å². The maximum Gasteiger partial charge on any atom is 0.239 e. The zero-order valence-corrected chi connectivity index (χ0v) is 13.8. The third-order valence-corrected chi connectivity index (χ3v) is 4.40. The summed E-state index contributed by atoms with van der Waals surface area (Å²) in [5, 5.41) is 0. The maximum atomic E-state index is 12.1. The van der Waals surface area contributed by atoms with E-state index in [9.17, 15) is 13.2 Å². The fourth-order valence-corrected chi connectivity index (χ4v) is 3.25. The molecule has 0 aliphatic heterocycles. The number of hydrogen-bond donors (Lipinski definition) is 2. The number of benzene rings is 1. The molecule has 0 heterocycles. The minimum absolute atomic E-state index is 0.207. The smallest absolute Gasteiger partial charge is 0.239 e. The van der Waals surface area contributed by atoms with E-state index >= 15 is 0 Å². The Morgan fingerprint density at radius 1 is 1.43 bits per heavy atom. The molecule has 6 nitrogen and oxygen atoms in total. The van der Waals surface area contributed by atoms with Crippen molar-refractivity contribution in [2.45, 2.75) is 18.7 Å². The summed E-state index contributed by atoms with van der Waals surface area (Å²) in [6, 6.07) is 5.88. The summed E-state index contributed by atoms with van der Waals surface area (Å²) in [6.45, 7) is 1.51. The highest BCUT2D eigenvalue weighted by Crippen LogP contribution is 2.09. The summed E-state index contributed by atoms with van der Waals surface area (Å²) in [6.07, 6.45) is 0. The molecule has 0 bridgehead atoms. The van der Waals surface area contributed by atoms with Crippen molar-refractivity contribution in [3.8, 4) is 0 Å². The van der Waals surface area contributed by atoms with E-state index in [4.69, 9.17) is 18.0 Å². The summed E-state index contributed by atoms with van der Waals surface area (Å²) >= 11 is 4.86. The maximum absolute atomic E-state index is 12.1. The number of sulfonamides is 1. The summed E-state index contributed by atoms with van der Waals surface area (Å²) < 4.78 is 26.5. The Morgan fingerprint density at radius 3 is 2.57 bits per heavy atom. The molecule has 1 aromatic rings. The van der Waals surface area contributed by atoms with Crippen LogP contribution in [0, 0.1) is 0 Å². The first kappa shape index (κ1) is 17.5. The van der Waals surface area contributed by atoms with Gasteiger partial charge in [0.05, 0.1) is 11.8 Å². The fourth-order valence-electron chi connectivity index (χ4n) is 1.78. The van der Waals surface area contributed by atoms with Crippen LogP contribution in [0.4, 0.5) is 0 Å². The summed E-state index contributed by atoms with van der Waals surface area (Å²) in [5.74, 6) is -0.551. The number of rotatable bonds is 6. The highest BCUT2D eigenvalue weighted by molar-refractivity contribution is 7.88. The first-order valence-corrected chi connectivity index (χ1v) is 8.28. The molecule has 116 valence electrons. The molecule has 0 saturated carbocycles. The number of carbonyl (C=O) groups excluding carboxylic acids is 1. The predicted octanol–water partition coefficient (Wildman–Crippen LogP) is 0.217. The van der Waals surface area contributed by atoms with Crippen molar-refractivity contribution in [1.82, 2.24) is 9.62 Å². The SMILES string of the molecule is CC(NS(=O)(=O)Cc1cccc(C(N)=S)c1)C(=O)N(C)C. The number of hydrogen-bond acceptors (Lipinski definition) is 4. The largest absolute Gasteiger partial charge is 0.389 e. The van der Waals surface area contributed by atoms with E-state index in [-0.39, 0.29) is 16.6 Å². The van der Waals surface area contributed by atoms with Crippen LogP contribution < -0.4 is 10.5 Å². The van der Waals surface area contributed by atoms with Crippen LogP contribution in [-0.2, 0) is 20.6 Å². The Kier molecular flexibility index (Phi) is 5.82. The second-order valence-corrected chi connectivity index (χ2v) is 7.09. The molecular formula is C13H19N3O3S2. The zero-order valence-electron chi connectivity index (χ0n) is 12.2. The normalized spacial score (nSPS) is 12.7. The van der Waals surface area contributed by atoms with E-state index in [2.05, 4.69) is 4.72 Å².